The second-order valence-corrected chi connectivity index (χ2v) is 10.4. The van der Waals surface area contributed by atoms with E-state index in [0.717, 1.165) is 6.07 Å². The Morgan fingerprint density at radius 1 is 1.23 bits per heavy atom. The summed E-state index contributed by atoms with van der Waals surface area (Å²) in [6.45, 7) is 1.38. The minimum atomic E-state index is -4.57. The van der Waals surface area contributed by atoms with E-state index in [0.29, 0.717) is 48.1 Å². The number of nitrogens with zero attached hydrogens (tertiary/aromatic N) is 2. The molecule has 40 heavy (non-hydrogen) atoms. The molecular formula is C30H29ClF4N2O3. The smallest absolute Gasteiger partial charge is 0.417 e. The van der Waals surface area contributed by atoms with Crippen molar-refractivity contribution >= 4 is 28.5 Å². The Morgan fingerprint density at radius 3 is 2.75 bits per heavy atom. The van der Waals surface area contributed by atoms with Gasteiger partial charge in [0, 0.05) is 30.1 Å². The highest BCUT2D eigenvalue weighted by Crippen LogP contribution is 2.37. The molecule has 0 spiro atoms. The van der Waals surface area contributed by atoms with E-state index in [1.54, 1.807) is 37.6 Å². The summed E-state index contributed by atoms with van der Waals surface area (Å²) in [5.41, 5.74) is 0.465. The van der Waals surface area contributed by atoms with E-state index < -0.39 is 23.9 Å². The fraction of sp³-hybridized carbons (Fsp3) is 0.400. The Kier molecular flexibility index (Phi) is 9.54. The van der Waals surface area contributed by atoms with Crippen molar-refractivity contribution in [1.29, 1.82) is 0 Å². The third-order valence-corrected chi connectivity index (χ3v) is 7.66. The third kappa shape index (κ3) is 7.43. The van der Waals surface area contributed by atoms with E-state index in [1.807, 2.05) is 4.90 Å². The van der Waals surface area contributed by atoms with Crippen molar-refractivity contribution in [1.82, 2.24) is 9.88 Å². The van der Waals surface area contributed by atoms with Crippen LogP contribution in [0.2, 0.25) is 5.02 Å². The summed E-state index contributed by atoms with van der Waals surface area (Å²) in [6.07, 6.45) is -2.84. The number of ether oxygens (including phenoxy) is 1. The SMILES string of the molecule is COc1ccc2nccc(C(F)CC[C@@H]3CCN(CC#Cc4ccc(Cl)c(C(F)(F)F)c4)C[C@@H]3CC(=O)O)c2c1. The van der Waals surface area contributed by atoms with Gasteiger partial charge in [-0.05, 0) is 85.7 Å². The Bertz CT molecular complexity index is 1420. The number of aromatic nitrogens is 1. The number of piperidine rings is 1. The number of carbonyl (C=O) groups is 1. The lowest BCUT2D eigenvalue weighted by Gasteiger charge is -2.37. The number of aliphatic carboxylic acids is 1. The molecule has 0 bridgehead atoms. The standard InChI is InChI=1S/C30H29ClF4N2O3/c1-40-22-6-9-28-24(17-22)23(10-12-36-28)27(32)8-5-20-11-14-37(18-21(20)16-29(38)39)13-2-3-19-4-7-26(31)25(15-19)30(33,34)35/h4,6-7,9-10,12,15,17,20-21,27H,5,8,11,13-14,16,18H2,1H3,(H,38,39)/t20-,21+,27?/m1/s1. The quantitative estimate of drug-likeness (QED) is 0.227. The highest BCUT2D eigenvalue weighted by Gasteiger charge is 2.33. The molecule has 0 aliphatic carbocycles. The Balaban J connectivity index is 1.39. The number of benzene rings is 2. The number of methoxy groups -OCH3 is 1. The van der Waals surface area contributed by atoms with E-state index in [4.69, 9.17) is 16.3 Å². The molecule has 3 aromatic rings. The average Bonchev–Trinajstić information content (AvgIpc) is 2.91. The van der Waals surface area contributed by atoms with E-state index in [9.17, 15) is 23.1 Å². The fourth-order valence-electron chi connectivity index (χ4n) is 5.27. The summed E-state index contributed by atoms with van der Waals surface area (Å²) in [4.78, 5) is 17.9. The van der Waals surface area contributed by atoms with Gasteiger partial charge in [0.05, 0.1) is 29.8 Å². The maximum absolute atomic E-state index is 15.5. The van der Waals surface area contributed by atoms with Crippen molar-refractivity contribution in [2.24, 2.45) is 11.8 Å². The molecular weight excluding hydrogens is 548 g/mol. The van der Waals surface area contributed by atoms with Crippen molar-refractivity contribution in [3.8, 4) is 17.6 Å². The van der Waals surface area contributed by atoms with Crippen LogP contribution in [0.1, 0.15) is 48.5 Å². The van der Waals surface area contributed by atoms with Gasteiger partial charge in [0.1, 0.15) is 11.9 Å². The normalized spacial score (nSPS) is 18.6. The first-order chi connectivity index (χ1) is 19.0. The van der Waals surface area contributed by atoms with Crippen LogP contribution in [-0.4, -0.2) is 47.7 Å². The second kappa shape index (κ2) is 12.9. The molecule has 0 saturated carbocycles. The van der Waals surface area contributed by atoms with Crippen molar-refractivity contribution < 1.29 is 32.2 Å². The van der Waals surface area contributed by atoms with E-state index >= 15 is 4.39 Å². The number of hydrogen-bond donors (Lipinski definition) is 1. The molecule has 2 aromatic carbocycles. The number of fused-ring (bicyclic) bond motifs is 1. The molecule has 10 heteroatoms. The molecule has 1 unspecified atom stereocenters. The van der Waals surface area contributed by atoms with Crippen LogP contribution in [0.4, 0.5) is 17.6 Å². The summed E-state index contributed by atoms with van der Waals surface area (Å²) < 4.78 is 60.1. The minimum absolute atomic E-state index is 0.0202. The van der Waals surface area contributed by atoms with Gasteiger partial charge in [0.15, 0.2) is 0 Å². The largest absolute Gasteiger partial charge is 0.497 e. The van der Waals surface area contributed by atoms with Crippen LogP contribution in [0.3, 0.4) is 0 Å². The number of pyridine rings is 1. The first kappa shape index (κ1) is 29.6. The fourth-order valence-corrected chi connectivity index (χ4v) is 5.50. The predicted molar refractivity (Wildman–Crippen MR) is 145 cm³/mol. The Labute approximate surface area is 235 Å². The van der Waals surface area contributed by atoms with Crippen LogP contribution in [0.5, 0.6) is 5.75 Å². The molecule has 1 aliphatic heterocycles. The van der Waals surface area contributed by atoms with Crippen LogP contribution in [0.25, 0.3) is 10.9 Å². The van der Waals surface area contributed by atoms with Gasteiger partial charge in [0.25, 0.3) is 0 Å². The molecule has 1 saturated heterocycles. The minimum Gasteiger partial charge on any atom is -0.497 e. The van der Waals surface area contributed by atoms with Crippen molar-refractivity contribution in [3.63, 3.8) is 0 Å². The highest BCUT2D eigenvalue weighted by atomic mass is 35.5. The zero-order valence-electron chi connectivity index (χ0n) is 21.8. The molecule has 5 nitrogen and oxygen atoms in total. The third-order valence-electron chi connectivity index (χ3n) is 7.33. The Hall–Kier alpha value is -3.35. The van der Waals surface area contributed by atoms with Gasteiger partial charge < -0.3 is 9.84 Å². The second-order valence-electron chi connectivity index (χ2n) is 9.96. The zero-order chi connectivity index (χ0) is 28.9. The molecule has 1 aliphatic rings. The lowest BCUT2D eigenvalue weighted by atomic mass is 9.79. The molecule has 3 atom stereocenters. The lowest BCUT2D eigenvalue weighted by Crippen LogP contribution is -2.41. The summed E-state index contributed by atoms with van der Waals surface area (Å²) in [6, 6.07) is 10.5. The molecule has 212 valence electrons. The first-order valence-corrected chi connectivity index (χ1v) is 13.3. The monoisotopic (exact) mass is 576 g/mol. The van der Waals surface area contributed by atoms with E-state index in [-0.39, 0.29) is 41.8 Å². The maximum atomic E-state index is 15.5. The number of hydrogen-bond acceptors (Lipinski definition) is 4. The first-order valence-electron chi connectivity index (χ1n) is 12.9. The Morgan fingerprint density at radius 2 is 2.02 bits per heavy atom. The summed E-state index contributed by atoms with van der Waals surface area (Å²) in [5, 5.41) is 9.79. The van der Waals surface area contributed by atoms with E-state index in [2.05, 4.69) is 16.8 Å². The number of carboxylic acids is 1. The van der Waals surface area contributed by atoms with Crippen molar-refractivity contribution in [2.45, 2.75) is 38.0 Å². The predicted octanol–water partition coefficient (Wildman–Crippen LogP) is 7.17. The van der Waals surface area contributed by atoms with Gasteiger partial charge in [-0.15, -0.1) is 0 Å². The number of carboxylic acid groups (broad SMARTS) is 1. The zero-order valence-corrected chi connectivity index (χ0v) is 22.6. The lowest BCUT2D eigenvalue weighted by molar-refractivity contribution is -0.139. The van der Waals surface area contributed by atoms with Crippen molar-refractivity contribution in [2.75, 3.05) is 26.7 Å². The molecule has 2 heterocycles. The van der Waals surface area contributed by atoms with E-state index in [1.165, 1.54) is 12.1 Å². The number of halogens is 5. The molecule has 4 rings (SSSR count). The topological polar surface area (TPSA) is 62.7 Å². The van der Waals surface area contributed by atoms with Crippen LogP contribution in [-0.2, 0) is 11.0 Å². The number of alkyl halides is 4. The number of rotatable bonds is 8. The van der Waals surface area contributed by atoms with Crippen LogP contribution >= 0.6 is 11.6 Å². The molecule has 1 aromatic heterocycles. The van der Waals surface area contributed by atoms with Gasteiger partial charge in [-0.1, -0.05) is 23.4 Å². The van der Waals surface area contributed by atoms with Gasteiger partial charge in [-0.3, -0.25) is 14.7 Å². The summed E-state index contributed by atoms with van der Waals surface area (Å²) in [5.74, 6) is 5.17. The average molecular weight is 577 g/mol. The van der Waals surface area contributed by atoms with Crippen molar-refractivity contribution in [3.05, 3.63) is 70.4 Å². The van der Waals surface area contributed by atoms with Crippen LogP contribution in [0.15, 0.2) is 48.7 Å². The van der Waals surface area contributed by atoms with Gasteiger partial charge in [0.2, 0.25) is 0 Å². The summed E-state index contributed by atoms with van der Waals surface area (Å²) in [7, 11) is 1.55. The highest BCUT2D eigenvalue weighted by molar-refractivity contribution is 6.31. The van der Waals surface area contributed by atoms with Gasteiger partial charge >= 0.3 is 12.1 Å². The summed E-state index contributed by atoms with van der Waals surface area (Å²) >= 11 is 5.67. The van der Waals surface area contributed by atoms with Gasteiger partial charge in [-0.25, -0.2) is 4.39 Å². The van der Waals surface area contributed by atoms with Gasteiger partial charge in [-0.2, -0.15) is 13.2 Å². The molecule has 1 N–H and O–H groups in total. The molecule has 0 radical (unpaired) electrons. The maximum Gasteiger partial charge on any atom is 0.417 e. The number of likely N-dealkylation sites (tertiary alicyclic amines) is 1. The molecule has 1 fully saturated rings. The van der Waals surface area contributed by atoms with Crippen LogP contribution < -0.4 is 4.74 Å². The van der Waals surface area contributed by atoms with Crippen LogP contribution in [0, 0.1) is 23.7 Å². The molecule has 0 amide bonds.